The van der Waals surface area contributed by atoms with E-state index < -0.39 is 5.97 Å². The molecule has 0 fully saturated rings. The molecular formula is C14H22N2O3. The van der Waals surface area contributed by atoms with Crippen molar-refractivity contribution in [2.75, 3.05) is 37.4 Å². The first-order valence-electron chi connectivity index (χ1n) is 6.33. The highest BCUT2D eigenvalue weighted by molar-refractivity contribution is 5.97. The quantitative estimate of drug-likeness (QED) is 0.739. The Bertz CT molecular complexity index is 433. The van der Waals surface area contributed by atoms with Crippen molar-refractivity contribution in [2.45, 2.75) is 13.8 Å². The molecule has 0 aliphatic heterocycles. The number of carbonyl (C=O) groups is 1. The third-order valence-electron chi connectivity index (χ3n) is 2.81. The maximum Gasteiger partial charge on any atom is 0.337 e. The number of ether oxygens (including phenoxy) is 1. The van der Waals surface area contributed by atoms with Crippen molar-refractivity contribution < 1.29 is 14.6 Å². The SMILES string of the molecule is COCCN(CC(C)C)c1cccc(C(=O)O)c1N. The molecule has 5 heteroatoms. The molecule has 0 aliphatic carbocycles. The minimum Gasteiger partial charge on any atom is -0.478 e. The number of rotatable bonds is 7. The highest BCUT2D eigenvalue weighted by Crippen LogP contribution is 2.27. The summed E-state index contributed by atoms with van der Waals surface area (Å²) in [5.74, 6) is -0.555. The molecule has 0 saturated carbocycles. The molecule has 1 aromatic carbocycles. The molecule has 0 saturated heterocycles. The molecule has 1 aromatic rings. The van der Waals surface area contributed by atoms with E-state index in [1.165, 1.54) is 6.07 Å². The number of benzene rings is 1. The van der Waals surface area contributed by atoms with Crippen LogP contribution in [0.2, 0.25) is 0 Å². The summed E-state index contributed by atoms with van der Waals surface area (Å²) < 4.78 is 5.09. The number of hydrogen-bond acceptors (Lipinski definition) is 4. The molecule has 5 nitrogen and oxygen atoms in total. The number of aromatic carboxylic acids is 1. The zero-order chi connectivity index (χ0) is 14.4. The van der Waals surface area contributed by atoms with Crippen molar-refractivity contribution in [3.63, 3.8) is 0 Å². The van der Waals surface area contributed by atoms with E-state index in [1.54, 1.807) is 13.2 Å². The molecule has 1 rings (SSSR count). The Hall–Kier alpha value is -1.75. The highest BCUT2D eigenvalue weighted by Gasteiger charge is 2.16. The Morgan fingerprint density at radius 1 is 1.47 bits per heavy atom. The summed E-state index contributed by atoms with van der Waals surface area (Å²) in [5.41, 5.74) is 7.18. The third-order valence-corrected chi connectivity index (χ3v) is 2.81. The van der Waals surface area contributed by atoms with E-state index in [-0.39, 0.29) is 5.56 Å². The largest absolute Gasteiger partial charge is 0.478 e. The van der Waals surface area contributed by atoms with E-state index >= 15 is 0 Å². The maximum absolute atomic E-state index is 11.1. The van der Waals surface area contributed by atoms with Gasteiger partial charge in [0.2, 0.25) is 0 Å². The van der Waals surface area contributed by atoms with Gasteiger partial charge in [-0.05, 0) is 18.1 Å². The molecular weight excluding hydrogens is 244 g/mol. The number of para-hydroxylation sites is 1. The number of anilines is 2. The minimum atomic E-state index is -1.00. The summed E-state index contributed by atoms with van der Waals surface area (Å²) in [6.45, 7) is 6.27. The average Bonchev–Trinajstić information content (AvgIpc) is 2.34. The van der Waals surface area contributed by atoms with E-state index in [9.17, 15) is 4.79 Å². The molecule has 3 N–H and O–H groups in total. The van der Waals surface area contributed by atoms with Gasteiger partial charge in [0.15, 0.2) is 0 Å². The highest BCUT2D eigenvalue weighted by atomic mass is 16.5. The smallest absolute Gasteiger partial charge is 0.337 e. The summed E-state index contributed by atoms with van der Waals surface area (Å²) in [6.07, 6.45) is 0. The van der Waals surface area contributed by atoms with Gasteiger partial charge in [-0.2, -0.15) is 0 Å². The predicted octanol–water partition coefficient (Wildman–Crippen LogP) is 2.08. The van der Waals surface area contributed by atoms with Crippen molar-refractivity contribution in [3.05, 3.63) is 23.8 Å². The van der Waals surface area contributed by atoms with Crippen molar-refractivity contribution in [3.8, 4) is 0 Å². The Morgan fingerprint density at radius 3 is 2.68 bits per heavy atom. The van der Waals surface area contributed by atoms with Crippen LogP contribution in [-0.4, -0.2) is 37.9 Å². The van der Waals surface area contributed by atoms with E-state index in [2.05, 4.69) is 18.7 Å². The maximum atomic E-state index is 11.1. The van der Waals surface area contributed by atoms with Crippen LogP contribution in [-0.2, 0) is 4.74 Å². The van der Waals surface area contributed by atoms with Gasteiger partial charge >= 0.3 is 5.97 Å². The van der Waals surface area contributed by atoms with Crippen LogP contribution in [0.4, 0.5) is 11.4 Å². The predicted molar refractivity (Wildman–Crippen MR) is 76.7 cm³/mol. The normalized spacial score (nSPS) is 10.7. The summed E-state index contributed by atoms with van der Waals surface area (Å²) in [6, 6.07) is 5.08. The van der Waals surface area contributed by atoms with Gasteiger partial charge in [-0.1, -0.05) is 19.9 Å². The third kappa shape index (κ3) is 4.13. The van der Waals surface area contributed by atoms with Crippen LogP contribution in [0.15, 0.2) is 18.2 Å². The summed E-state index contributed by atoms with van der Waals surface area (Å²) >= 11 is 0. The topological polar surface area (TPSA) is 75.8 Å². The lowest BCUT2D eigenvalue weighted by molar-refractivity contribution is 0.0698. The lowest BCUT2D eigenvalue weighted by Crippen LogP contribution is -2.31. The summed E-state index contributed by atoms with van der Waals surface area (Å²) in [4.78, 5) is 13.2. The molecule has 0 spiro atoms. The van der Waals surface area contributed by atoms with Crippen LogP contribution in [0, 0.1) is 5.92 Å². The van der Waals surface area contributed by atoms with Crippen LogP contribution >= 0.6 is 0 Å². The number of hydrogen-bond donors (Lipinski definition) is 2. The molecule has 0 aliphatic rings. The van der Waals surface area contributed by atoms with Gasteiger partial charge < -0.3 is 20.5 Å². The Balaban J connectivity index is 3.07. The molecule has 0 atom stereocenters. The fraction of sp³-hybridized carbons (Fsp3) is 0.500. The fourth-order valence-electron chi connectivity index (χ4n) is 1.97. The lowest BCUT2D eigenvalue weighted by Gasteiger charge is -2.28. The molecule has 0 amide bonds. The Kier molecular flexibility index (Phi) is 5.63. The first-order chi connectivity index (χ1) is 8.97. The summed E-state index contributed by atoms with van der Waals surface area (Å²) in [7, 11) is 1.64. The molecule has 0 heterocycles. The number of nitrogens with zero attached hydrogens (tertiary/aromatic N) is 1. The minimum absolute atomic E-state index is 0.142. The molecule has 0 aromatic heterocycles. The second-order valence-corrected chi connectivity index (χ2v) is 4.88. The van der Waals surface area contributed by atoms with Gasteiger partial charge in [0.25, 0.3) is 0 Å². The molecule has 0 radical (unpaired) electrons. The number of nitrogen functional groups attached to an aromatic ring is 1. The first-order valence-corrected chi connectivity index (χ1v) is 6.33. The van der Waals surface area contributed by atoms with Gasteiger partial charge in [0.1, 0.15) is 0 Å². The van der Waals surface area contributed by atoms with Crippen LogP contribution in [0.5, 0.6) is 0 Å². The second-order valence-electron chi connectivity index (χ2n) is 4.88. The Labute approximate surface area is 114 Å². The van der Waals surface area contributed by atoms with Crippen LogP contribution in [0.25, 0.3) is 0 Å². The number of nitrogens with two attached hydrogens (primary N) is 1. The lowest BCUT2D eigenvalue weighted by atomic mass is 10.1. The first kappa shape index (κ1) is 15.3. The molecule has 0 unspecified atom stereocenters. The zero-order valence-corrected chi connectivity index (χ0v) is 11.7. The number of carboxylic acids is 1. The molecule has 106 valence electrons. The van der Waals surface area contributed by atoms with Crippen molar-refractivity contribution in [1.82, 2.24) is 0 Å². The number of methoxy groups -OCH3 is 1. The number of carboxylic acid groups (broad SMARTS) is 1. The standard InChI is InChI=1S/C14H22N2O3/c1-10(2)9-16(7-8-19-3)12-6-4-5-11(13(12)15)14(17)18/h4-6,10H,7-9,15H2,1-3H3,(H,17,18). The van der Waals surface area contributed by atoms with Gasteiger partial charge in [-0.25, -0.2) is 4.79 Å². The van der Waals surface area contributed by atoms with E-state index in [1.807, 2.05) is 6.07 Å². The van der Waals surface area contributed by atoms with E-state index in [0.29, 0.717) is 24.8 Å². The van der Waals surface area contributed by atoms with E-state index in [4.69, 9.17) is 15.6 Å². The fourth-order valence-corrected chi connectivity index (χ4v) is 1.97. The van der Waals surface area contributed by atoms with Crippen LogP contribution < -0.4 is 10.6 Å². The summed E-state index contributed by atoms with van der Waals surface area (Å²) in [5, 5.41) is 9.11. The zero-order valence-electron chi connectivity index (χ0n) is 11.7. The second kappa shape index (κ2) is 6.99. The van der Waals surface area contributed by atoms with Crippen LogP contribution in [0.3, 0.4) is 0 Å². The van der Waals surface area contributed by atoms with Crippen molar-refractivity contribution in [2.24, 2.45) is 5.92 Å². The molecule has 0 bridgehead atoms. The van der Waals surface area contributed by atoms with Gasteiger partial charge in [-0.3, -0.25) is 0 Å². The van der Waals surface area contributed by atoms with Gasteiger partial charge in [0, 0.05) is 20.2 Å². The Morgan fingerprint density at radius 2 is 2.16 bits per heavy atom. The molecule has 19 heavy (non-hydrogen) atoms. The monoisotopic (exact) mass is 266 g/mol. The average molecular weight is 266 g/mol. The van der Waals surface area contributed by atoms with Crippen molar-refractivity contribution in [1.29, 1.82) is 0 Å². The van der Waals surface area contributed by atoms with Crippen molar-refractivity contribution >= 4 is 17.3 Å². The van der Waals surface area contributed by atoms with Gasteiger partial charge in [0.05, 0.1) is 23.5 Å². The van der Waals surface area contributed by atoms with Gasteiger partial charge in [-0.15, -0.1) is 0 Å². The van der Waals surface area contributed by atoms with E-state index in [0.717, 1.165) is 12.2 Å². The van der Waals surface area contributed by atoms with Crippen LogP contribution in [0.1, 0.15) is 24.2 Å².